The number of guanidine groups is 1. The van der Waals surface area contributed by atoms with Crippen LogP contribution in [-0.4, -0.2) is 68.4 Å². The van der Waals surface area contributed by atoms with Gasteiger partial charge in [-0.15, -0.1) is 24.0 Å². The van der Waals surface area contributed by atoms with Crippen LogP contribution in [0, 0.1) is 5.41 Å². The Balaban J connectivity index is 0.00000320. The maximum absolute atomic E-state index is 10.8. The quantitative estimate of drug-likeness (QED) is 0.263. The summed E-state index contributed by atoms with van der Waals surface area (Å²) in [5.74, 6) is 0.801. The van der Waals surface area contributed by atoms with Gasteiger partial charge in [0.1, 0.15) is 5.60 Å². The van der Waals surface area contributed by atoms with Crippen molar-refractivity contribution >= 4 is 41.3 Å². The molecule has 0 amide bonds. The average Bonchev–Trinajstić information content (AvgIpc) is 3.28. The number of aliphatic imine (C=N–C) groups is 1. The number of nitrogens with zero attached hydrogens (tertiary/aromatic N) is 2. The van der Waals surface area contributed by atoms with Crippen molar-refractivity contribution in [3.8, 4) is 0 Å². The molecule has 0 bridgehead atoms. The summed E-state index contributed by atoms with van der Waals surface area (Å²) < 4.78 is 5.54. The van der Waals surface area contributed by atoms with Crippen LogP contribution < -0.4 is 10.6 Å². The third-order valence-electron chi connectivity index (χ3n) is 6.24. The molecule has 172 valence electrons. The lowest BCUT2D eigenvalue weighted by molar-refractivity contribution is 0.00819. The van der Waals surface area contributed by atoms with Gasteiger partial charge in [-0.1, -0.05) is 19.3 Å². The van der Waals surface area contributed by atoms with Crippen molar-refractivity contribution in [3.05, 3.63) is 22.4 Å². The molecule has 0 aromatic carbocycles. The summed E-state index contributed by atoms with van der Waals surface area (Å²) in [7, 11) is 0. The van der Waals surface area contributed by atoms with Crippen molar-refractivity contribution in [2.24, 2.45) is 10.4 Å². The van der Waals surface area contributed by atoms with E-state index in [-0.39, 0.29) is 24.0 Å². The fourth-order valence-corrected chi connectivity index (χ4v) is 5.22. The highest BCUT2D eigenvalue weighted by Gasteiger charge is 2.34. The van der Waals surface area contributed by atoms with Crippen LogP contribution in [0.1, 0.15) is 51.5 Å². The van der Waals surface area contributed by atoms with Crippen molar-refractivity contribution < 1.29 is 9.84 Å². The van der Waals surface area contributed by atoms with Crippen LogP contribution in [0.5, 0.6) is 0 Å². The molecule has 0 spiro atoms. The predicted molar refractivity (Wildman–Crippen MR) is 136 cm³/mol. The summed E-state index contributed by atoms with van der Waals surface area (Å²) in [4.78, 5) is 7.29. The summed E-state index contributed by atoms with van der Waals surface area (Å²) >= 11 is 1.60. The zero-order valence-electron chi connectivity index (χ0n) is 18.5. The van der Waals surface area contributed by atoms with Crippen molar-refractivity contribution in [1.29, 1.82) is 0 Å². The van der Waals surface area contributed by atoms with Crippen LogP contribution in [0.15, 0.2) is 21.8 Å². The van der Waals surface area contributed by atoms with Gasteiger partial charge in [0, 0.05) is 38.1 Å². The van der Waals surface area contributed by atoms with Crippen LogP contribution in [0.4, 0.5) is 0 Å². The van der Waals surface area contributed by atoms with E-state index >= 15 is 0 Å². The van der Waals surface area contributed by atoms with E-state index in [4.69, 9.17) is 9.73 Å². The number of morpholine rings is 1. The summed E-state index contributed by atoms with van der Waals surface area (Å²) in [5, 5.41) is 21.8. The van der Waals surface area contributed by atoms with Gasteiger partial charge in [0.15, 0.2) is 5.96 Å². The predicted octanol–water partition coefficient (Wildman–Crippen LogP) is 3.41. The fourth-order valence-electron chi connectivity index (χ4n) is 4.43. The zero-order valence-corrected chi connectivity index (χ0v) is 21.6. The first-order valence-electron chi connectivity index (χ1n) is 11.1. The number of nitrogens with one attached hydrogen (secondary N) is 2. The monoisotopic (exact) mass is 550 g/mol. The minimum Gasteiger partial charge on any atom is -0.383 e. The van der Waals surface area contributed by atoms with E-state index in [9.17, 15) is 5.11 Å². The second kappa shape index (κ2) is 12.6. The van der Waals surface area contributed by atoms with Gasteiger partial charge in [0.25, 0.3) is 0 Å². The van der Waals surface area contributed by atoms with Gasteiger partial charge in [-0.2, -0.15) is 11.3 Å². The molecule has 3 rings (SSSR count). The number of thiophene rings is 1. The maximum Gasteiger partial charge on any atom is 0.191 e. The summed E-state index contributed by atoms with van der Waals surface area (Å²) in [6.07, 6.45) is 6.51. The Morgan fingerprint density at radius 2 is 2.00 bits per heavy atom. The van der Waals surface area contributed by atoms with Gasteiger partial charge < -0.3 is 20.5 Å². The molecule has 30 heavy (non-hydrogen) atoms. The molecule has 2 fully saturated rings. The molecule has 1 atom stereocenters. The molecule has 3 N–H and O–H groups in total. The SMILES string of the molecule is CCNC(=NCC(C)(O)c1ccsc1)NCC1(CN2CCOCC2)CCCCC1.I. The van der Waals surface area contributed by atoms with Crippen LogP contribution in [0.2, 0.25) is 0 Å². The highest BCUT2D eigenvalue weighted by molar-refractivity contribution is 14.0. The van der Waals surface area contributed by atoms with Crippen molar-refractivity contribution in [3.63, 3.8) is 0 Å². The number of ether oxygens (including phenoxy) is 1. The van der Waals surface area contributed by atoms with E-state index in [0.717, 1.165) is 57.5 Å². The second-order valence-corrected chi connectivity index (χ2v) is 9.56. The summed E-state index contributed by atoms with van der Waals surface area (Å²) in [6, 6.07) is 1.97. The van der Waals surface area contributed by atoms with E-state index < -0.39 is 5.60 Å². The Bertz CT molecular complexity index is 627. The average molecular weight is 551 g/mol. The standard InChI is InChI=1S/C22H38N4O2S.HI/c1-3-23-20(24-16-21(2,27)19-7-14-29-15-19)25-17-22(8-5-4-6-9-22)18-26-10-12-28-13-11-26;/h7,14-15,27H,3-6,8-13,16-18H2,1-2H3,(H2,23,24,25);1H. The Kier molecular flexibility index (Phi) is 10.8. The summed E-state index contributed by atoms with van der Waals surface area (Å²) in [5.41, 5.74) is 0.276. The smallest absolute Gasteiger partial charge is 0.191 e. The van der Waals surface area contributed by atoms with E-state index in [2.05, 4.69) is 22.5 Å². The third kappa shape index (κ3) is 7.62. The van der Waals surface area contributed by atoms with E-state index in [1.807, 2.05) is 23.8 Å². The molecule has 8 heteroatoms. The Morgan fingerprint density at radius 3 is 2.63 bits per heavy atom. The van der Waals surface area contributed by atoms with Crippen molar-refractivity contribution in [1.82, 2.24) is 15.5 Å². The minimum absolute atomic E-state index is 0. The molecule has 1 unspecified atom stereocenters. The number of halogens is 1. The Morgan fingerprint density at radius 1 is 1.27 bits per heavy atom. The van der Waals surface area contributed by atoms with E-state index in [0.29, 0.717) is 12.0 Å². The van der Waals surface area contributed by atoms with E-state index in [1.165, 1.54) is 32.1 Å². The van der Waals surface area contributed by atoms with Crippen LogP contribution in [-0.2, 0) is 10.3 Å². The Hall–Kier alpha value is -0.420. The third-order valence-corrected chi connectivity index (χ3v) is 6.92. The molecule has 1 aromatic rings. The number of rotatable bonds is 8. The Labute approximate surface area is 202 Å². The van der Waals surface area contributed by atoms with Gasteiger partial charge in [0.2, 0.25) is 0 Å². The molecular weight excluding hydrogens is 511 g/mol. The molecule has 0 radical (unpaired) electrons. The zero-order chi connectivity index (χ0) is 20.6. The minimum atomic E-state index is -0.946. The van der Waals surface area contributed by atoms with E-state index in [1.54, 1.807) is 11.3 Å². The van der Waals surface area contributed by atoms with Gasteiger partial charge in [-0.05, 0) is 49.1 Å². The molecule has 1 saturated heterocycles. The van der Waals surface area contributed by atoms with Gasteiger partial charge in [-0.25, -0.2) is 4.99 Å². The molecular formula is C22H39IN4O2S. The van der Waals surface area contributed by atoms with Crippen LogP contribution in [0.25, 0.3) is 0 Å². The van der Waals surface area contributed by atoms with Crippen molar-refractivity contribution in [2.75, 3.05) is 52.5 Å². The van der Waals surface area contributed by atoms with Gasteiger partial charge in [0.05, 0.1) is 19.8 Å². The molecule has 2 aliphatic rings. The van der Waals surface area contributed by atoms with Crippen LogP contribution in [0.3, 0.4) is 0 Å². The van der Waals surface area contributed by atoms with Crippen LogP contribution >= 0.6 is 35.3 Å². The first kappa shape index (κ1) is 25.8. The maximum atomic E-state index is 10.8. The van der Waals surface area contributed by atoms with Gasteiger partial charge >= 0.3 is 0 Å². The largest absolute Gasteiger partial charge is 0.383 e. The van der Waals surface area contributed by atoms with Gasteiger partial charge in [-0.3, -0.25) is 4.90 Å². The molecule has 1 aliphatic heterocycles. The topological polar surface area (TPSA) is 69.1 Å². The lowest BCUT2D eigenvalue weighted by Gasteiger charge is -2.42. The second-order valence-electron chi connectivity index (χ2n) is 8.78. The molecule has 2 heterocycles. The number of aliphatic hydroxyl groups is 1. The first-order chi connectivity index (χ1) is 14.0. The lowest BCUT2D eigenvalue weighted by Crippen LogP contribution is -2.51. The fraction of sp³-hybridized carbons (Fsp3) is 0.773. The van der Waals surface area contributed by atoms with Crippen molar-refractivity contribution in [2.45, 2.75) is 51.6 Å². The highest BCUT2D eigenvalue weighted by Crippen LogP contribution is 2.36. The highest BCUT2D eigenvalue weighted by atomic mass is 127. The molecule has 6 nitrogen and oxygen atoms in total. The summed E-state index contributed by atoms with van der Waals surface area (Å²) in [6.45, 7) is 10.9. The molecule has 1 saturated carbocycles. The number of hydrogen-bond acceptors (Lipinski definition) is 5. The first-order valence-corrected chi connectivity index (χ1v) is 12.0. The normalized spacial score (nSPS) is 22.0. The number of hydrogen-bond donors (Lipinski definition) is 3. The lowest BCUT2D eigenvalue weighted by atomic mass is 9.73. The molecule has 1 aromatic heterocycles. The molecule has 1 aliphatic carbocycles.